The molecule has 156 valence electrons. The molecule has 1 saturated heterocycles. The summed E-state index contributed by atoms with van der Waals surface area (Å²) in [6.45, 7) is 2.04. The minimum atomic E-state index is -3.56. The molecule has 0 saturated carbocycles. The fourth-order valence-electron chi connectivity index (χ4n) is 3.36. The van der Waals surface area contributed by atoms with Gasteiger partial charge in [0.2, 0.25) is 10.0 Å². The lowest BCUT2D eigenvalue weighted by Crippen LogP contribution is -2.35. The number of benzene rings is 2. The van der Waals surface area contributed by atoms with Gasteiger partial charge in [0, 0.05) is 30.9 Å². The van der Waals surface area contributed by atoms with Gasteiger partial charge in [0.1, 0.15) is 0 Å². The first-order chi connectivity index (χ1) is 13.9. The maximum absolute atomic E-state index is 12.9. The number of carbonyl (C=O) groups excluding carboxylic acids is 1. The van der Waals surface area contributed by atoms with E-state index in [4.69, 9.17) is 0 Å². The molecule has 0 unspecified atom stereocenters. The van der Waals surface area contributed by atoms with E-state index in [1.807, 2.05) is 38.4 Å². The van der Waals surface area contributed by atoms with Crippen LogP contribution >= 0.6 is 0 Å². The molecule has 1 aliphatic heterocycles. The minimum absolute atomic E-state index is 0.172. The van der Waals surface area contributed by atoms with Gasteiger partial charge in [-0.3, -0.25) is 4.79 Å². The first-order valence-corrected chi connectivity index (χ1v) is 11.5. The Balaban J connectivity index is 1.69. The van der Waals surface area contributed by atoms with E-state index in [-0.39, 0.29) is 10.8 Å². The van der Waals surface area contributed by atoms with E-state index >= 15 is 0 Å². The molecule has 2 aromatic rings. The lowest BCUT2D eigenvalue weighted by atomic mass is 10.1. The molecule has 0 aromatic heterocycles. The highest BCUT2D eigenvalue weighted by Gasteiger charge is 2.26. The highest BCUT2D eigenvalue weighted by Crippen LogP contribution is 2.22. The molecule has 3 rings (SSSR count). The van der Waals surface area contributed by atoms with Crippen LogP contribution in [0.2, 0.25) is 0 Å². The van der Waals surface area contributed by atoms with Crippen molar-refractivity contribution in [2.24, 2.45) is 0 Å². The number of anilines is 1. The van der Waals surface area contributed by atoms with Crippen LogP contribution < -0.4 is 5.32 Å². The average Bonchev–Trinajstić information content (AvgIpc) is 2.74. The van der Waals surface area contributed by atoms with Crippen molar-refractivity contribution >= 4 is 21.6 Å². The van der Waals surface area contributed by atoms with Gasteiger partial charge in [-0.05, 0) is 69.3 Å². The Morgan fingerprint density at radius 3 is 2.38 bits per heavy atom. The first-order valence-electron chi connectivity index (χ1n) is 10.0. The van der Waals surface area contributed by atoms with Crippen LogP contribution in [-0.4, -0.2) is 57.3 Å². The van der Waals surface area contributed by atoms with Gasteiger partial charge in [-0.1, -0.05) is 24.6 Å². The van der Waals surface area contributed by atoms with Crippen LogP contribution in [0.3, 0.4) is 0 Å². The molecule has 0 bridgehead atoms. The first kappa shape index (κ1) is 21.5. The Morgan fingerprint density at radius 1 is 1.03 bits per heavy atom. The molecule has 2 aromatic carbocycles. The number of hydrogen-bond donors (Lipinski definition) is 1. The number of amides is 1. The molecule has 1 amide bonds. The Morgan fingerprint density at radius 2 is 1.72 bits per heavy atom. The Labute approximate surface area is 173 Å². The van der Waals surface area contributed by atoms with Gasteiger partial charge in [0.15, 0.2) is 0 Å². The Hall–Kier alpha value is -2.22. The molecule has 1 aliphatic rings. The van der Waals surface area contributed by atoms with Gasteiger partial charge in [-0.2, -0.15) is 4.31 Å². The van der Waals surface area contributed by atoms with Crippen LogP contribution in [0.25, 0.3) is 0 Å². The Kier molecular flexibility index (Phi) is 7.05. The highest BCUT2D eigenvalue weighted by atomic mass is 32.2. The summed E-state index contributed by atoms with van der Waals surface area (Å²) in [6, 6.07) is 14.0. The lowest BCUT2D eigenvalue weighted by molar-refractivity contribution is 0.102. The van der Waals surface area contributed by atoms with Crippen molar-refractivity contribution in [2.45, 2.75) is 30.6 Å². The van der Waals surface area contributed by atoms with Crippen molar-refractivity contribution in [2.75, 3.05) is 39.0 Å². The zero-order chi connectivity index (χ0) is 20.9. The molecule has 0 radical (unpaired) electrons. The molecule has 6 nitrogen and oxygen atoms in total. The van der Waals surface area contributed by atoms with E-state index in [0.717, 1.165) is 32.2 Å². The average molecular weight is 416 g/mol. The zero-order valence-corrected chi connectivity index (χ0v) is 17.9. The fourth-order valence-corrected chi connectivity index (χ4v) is 4.93. The monoisotopic (exact) mass is 415 g/mol. The summed E-state index contributed by atoms with van der Waals surface area (Å²) < 4.78 is 27.2. The predicted molar refractivity (Wildman–Crippen MR) is 116 cm³/mol. The number of hydrogen-bond acceptors (Lipinski definition) is 4. The van der Waals surface area contributed by atoms with Crippen LogP contribution in [0.15, 0.2) is 53.4 Å². The quantitative estimate of drug-likeness (QED) is 0.754. The standard InChI is InChI=1S/C22H29N3O3S/c1-24(2)16-13-18-9-11-20(12-10-18)23-22(26)19-7-6-8-21(17-19)29(27,28)25-14-4-3-5-15-25/h6-12,17H,3-5,13-16H2,1-2H3,(H,23,26). The van der Waals surface area contributed by atoms with E-state index in [9.17, 15) is 13.2 Å². The van der Waals surface area contributed by atoms with Crippen molar-refractivity contribution in [1.29, 1.82) is 0 Å². The van der Waals surface area contributed by atoms with Gasteiger partial charge in [0.25, 0.3) is 5.91 Å². The van der Waals surface area contributed by atoms with E-state index in [1.165, 1.54) is 15.9 Å². The fraction of sp³-hybridized carbons (Fsp3) is 0.409. The molecule has 29 heavy (non-hydrogen) atoms. The van der Waals surface area contributed by atoms with Gasteiger partial charge < -0.3 is 10.2 Å². The molecule has 1 heterocycles. The number of piperidine rings is 1. The third-order valence-corrected chi connectivity index (χ3v) is 7.00. The van der Waals surface area contributed by atoms with Crippen molar-refractivity contribution in [3.8, 4) is 0 Å². The SMILES string of the molecule is CN(C)CCc1ccc(NC(=O)c2cccc(S(=O)(=O)N3CCCCC3)c2)cc1. The highest BCUT2D eigenvalue weighted by molar-refractivity contribution is 7.89. The summed E-state index contributed by atoms with van der Waals surface area (Å²) in [7, 11) is 0.511. The van der Waals surface area contributed by atoms with Crippen LogP contribution in [0.4, 0.5) is 5.69 Å². The van der Waals surface area contributed by atoms with Gasteiger partial charge in [0.05, 0.1) is 4.90 Å². The second-order valence-corrected chi connectivity index (χ2v) is 9.63. The zero-order valence-electron chi connectivity index (χ0n) is 17.1. The minimum Gasteiger partial charge on any atom is -0.322 e. The van der Waals surface area contributed by atoms with E-state index in [1.54, 1.807) is 18.2 Å². The molecular weight excluding hydrogens is 386 g/mol. The smallest absolute Gasteiger partial charge is 0.255 e. The van der Waals surface area contributed by atoms with Crippen LogP contribution in [-0.2, 0) is 16.4 Å². The third kappa shape index (κ3) is 5.65. The number of carbonyl (C=O) groups is 1. The summed E-state index contributed by atoms with van der Waals surface area (Å²) >= 11 is 0. The number of rotatable bonds is 7. The molecule has 0 spiro atoms. The predicted octanol–water partition coefficient (Wildman–Crippen LogP) is 3.22. The topological polar surface area (TPSA) is 69.7 Å². The van der Waals surface area contributed by atoms with E-state index < -0.39 is 10.0 Å². The number of likely N-dealkylation sites (N-methyl/N-ethyl adjacent to an activating group) is 1. The van der Waals surface area contributed by atoms with E-state index in [2.05, 4.69) is 10.2 Å². The maximum Gasteiger partial charge on any atom is 0.255 e. The largest absolute Gasteiger partial charge is 0.322 e. The number of nitrogens with zero attached hydrogens (tertiary/aromatic N) is 2. The normalized spacial score (nSPS) is 15.4. The summed E-state index contributed by atoms with van der Waals surface area (Å²) in [4.78, 5) is 14.9. The molecular formula is C22H29N3O3S. The van der Waals surface area contributed by atoms with E-state index in [0.29, 0.717) is 24.3 Å². The van der Waals surface area contributed by atoms with Gasteiger partial charge in [-0.25, -0.2) is 8.42 Å². The van der Waals surface area contributed by atoms with Crippen molar-refractivity contribution in [1.82, 2.24) is 9.21 Å². The number of nitrogens with one attached hydrogen (secondary N) is 1. The third-order valence-electron chi connectivity index (χ3n) is 5.11. The van der Waals surface area contributed by atoms with Crippen molar-refractivity contribution in [3.63, 3.8) is 0 Å². The summed E-state index contributed by atoms with van der Waals surface area (Å²) in [5, 5.41) is 2.85. The second kappa shape index (κ2) is 9.52. The second-order valence-electron chi connectivity index (χ2n) is 7.70. The number of sulfonamides is 1. The van der Waals surface area contributed by atoms with Crippen LogP contribution in [0.1, 0.15) is 35.2 Å². The molecule has 0 aliphatic carbocycles. The van der Waals surface area contributed by atoms with Crippen LogP contribution in [0, 0.1) is 0 Å². The van der Waals surface area contributed by atoms with Gasteiger partial charge in [-0.15, -0.1) is 0 Å². The summed E-state index contributed by atoms with van der Waals surface area (Å²) in [6.07, 6.45) is 3.76. The molecule has 0 atom stereocenters. The maximum atomic E-state index is 12.9. The van der Waals surface area contributed by atoms with Crippen molar-refractivity contribution < 1.29 is 13.2 Å². The summed E-state index contributed by atoms with van der Waals surface area (Å²) in [5.74, 6) is -0.318. The molecule has 1 fully saturated rings. The van der Waals surface area contributed by atoms with Crippen molar-refractivity contribution in [3.05, 3.63) is 59.7 Å². The lowest BCUT2D eigenvalue weighted by Gasteiger charge is -2.26. The van der Waals surface area contributed by atoms with Crippen LogP contribution in [0.5, 0.6) is 0 Å². The van der Waals surface area contributed by atoms with Gasteiger partial charge >= 0.3 is 0 Å². The molecule has 1 N–H and O–H groups in total. The Bertz CT molecular complexity index is 934. The molecule has 7 heteroatoms. The summed E-state index contributed by atoms with van der Waals surface area (Å²) in [5.41, 5.74) is 2.22.